The number of rotatable bonds is 7. The molecular weight excluding hydrogens is 288 g/mol. The lowest BCUT2D eigenvalue weighted by Gasteiger charge is -2.16. The van der Waals surface area contributed by atoms with E-state index in [9.17, 15) is 0 Å². The van der Waals surface area contributed by atoms with Crippen LogP contribution in [0.15, 0.2) is 42.0 Å². The van der Waals surface area contributed by atoms with E-state index in [0.717, 1.165) is 23.9 Å². The third kappa shape index (κ3) is 5.09. The van der Waals surface area contributed by atoms with Crippen molar-refractivity contribution in [1.29, 1.82) is 0 Å². The van der Waals surface area contributed by atoms with Gasteiger partial charge in [-0.3, -0.25) is 9.56 Å². The van der Waals surface area contributed by atoms with Gasteiger partial charge in [-0.1, -0.05) is 32.8 Å². The molecule has 0 aromatic carbocycles. The Bertz CT molecular complexity index is 584. The van der Waals surface area contributed by atoms with E-state index in [-0.39, 0.29) is 0 Å². The largest absolute Gasteiger partial charge is 0.356 e. The van der Waals surface area contributed by atoms with Crippen LogP contribution in [0.1, 0.15) is 32.3 Å². The highest BCUT2D eigenvalue weighted by Crippen LogP contribution is 2.06. The second-order valence-electron chi connectivity index (χ2n) is 5.48. The van der Waals surface area contributed by atoms with Gasteiger partial charge in [-0.25, -0.2) is 9.97 Å². The molecule has 6 heteroatoms. The van der Waals surface area contributed by atoms with Crippen LogP contribution >= 0.6 is 0 Å². The number of aromatic nitrogens is 3. The average Bonchev–Trinajstić information content (AvgIpc) is 3.13. The summed E-state index contributed by atoms with van der Waals surface area (Å²) in [6, 6.07) is 4.04. The standard InChI is InChI=1S/C17H26N6/c1-4-14(5-2)10-21-17(18-3)22-12-15-6-7-16(20-11-15)23-9-8-19-13-23/h6-9,11,13-14H,4-5,10,12H2,1-3H3,(H2,18,21,22). The van der Waals surface area contributed by atoms with Gasteiger partial charge in [-0.2, -0.15) is 0 Å². The first-order valence-electron chi connectivity index (χ1n) is 8.14. The Morgan fingerprint density at radius 3 is 2.65 bits per heavy atom. The normalized spacial score (nSPS) is 11.7. The maximum absolute atomic E-state index is 4.45. The summed E-state index contributed by atoms with van der Waals surface area (Å²) in [5.41, 5.74) is 1.11. The van der Waals surface area contributed by atoms with E-state index in [2.05, 4.69) is 45.5 Å². The van der Waals surface area contributed by atoms with Gasteiger partial charge in [0, 0.05) is 38.7 Å². The summed E-state index contributed by atoms with van der Waals surface area (Å²) in [5, 5.41) is 6.70. The molecule has 2 rings (SSSR count). The van der Waals surface area contributed by atoms with Crippen LogP contribution in [0.4, 0.5) is 0 Å². The molecule has 2 N–H and O–H groups in total. The molecule has 0 saturated heterocycles. The minimum absolute atomic E-state index is 0.685. The number of imidazole rings is 1. The quantitative estimate of drug-likeness (QED) is 0.608. The summed E-state index contributed by atoms with van der Waals surface area (Å²) in [6.45, 7) is 6.09. The molecule has 0 fully saturated rings. The molecule has 2 heterocycles. The van der Waals surface area contributed by atoms with Gasteiger partial charge in [0.1, 0.15) is 12.1 Å². The summed E-state index contributed by atoms with van der Waals surface area (Å²) in [7, 11) is 1.79. The molecule has 0 aliphatic rings. The lowest BCUT2D eigenvalue weighted by molar-refractivity contribution is 0.481. The van der Waals surface area contributed by atoms with Crippen molar-refractivity contribution < 1.29 is 0 Å². The third-order valence-corrected chi connectivity index (χ3v) is 3.97. The van der Waals surface area contributed by atoms with Crippen molar-refractivity contribution in [2.24, 2.45) is 10.9 Å². The van der Waals surface area contributed by atoms with Crippen molar-refractivity contribution in [3.63, 3.8) is 0 Å². The molecule has 124 valence electrons. The van der Waals surface area contributed by atoms with Crippen molar-refractivity contribution >= 4 is 5.96 Å². The Kier molecular flexibility index (Phi) is 6.59. The topological polar surface area (TPSA) is 67.1 Å². The summed E-state index contributed by atoms with van der Waals surface area (Å²) in [4.78, 5) is 12.7. The van der Waals surface area contributed by atoms with Crippen molar-refractivity contribution in [1.82, 2.24) is 25.2 Å². The van der Waals surface area contributed by atoms with Crippen molar-refractivity contribution in [3.8, 4) is 5.82 Å². The van der Waals surface area contributed by atoms with Gasteiger partial charge in [0.05, 0.1) is 0 Å². The highest BCUT2D eigenvalue weighted by atomic mass is 15.2. The predicted molar refractivity (Wildman–Crippen MR) is 93.6 cm³/mol. The zero-order valence-corrected chi connectivity index (χ0v) is 14.2. The van der Waals surface area contributed by atoms with Crippen LogP contribution in [0.2, 0.25) is 0 Å². The molecular formula is C17H26N6. The molecule has 0 amide bonds. The molecule has 0 unspecified atom stereocenters. The van der Waals surface area contributed by atoms with Crippen LogP contribution in [0.3, 0.4) is 0 Å². The summed E-state index contributed by atoms with van der Waals surface area (Å²) in [5.74, 6) is 2.38. The molecule has 2 aromatic rings. The number of hydrogen-bond acceptors (Lipinski definition) is 3. The highest BCUT2D eigenvalue weighted by molar-refractivity contribution is 5.79. The number of nitrogens with zero attached hydrogens (tertiary/aromatic N) is 4. The first-order valence-corrected chi connectivity index (χ1v) is 8.14. The smallest absolute Gasteiger partial charge is 0.191 e. The summed E-state index contributed by atoms with van der Waals surface area (Å²) >= 11 is 0. The van der Waals surface area contributed by atoms with Gasteiger partial charge < -0.3 is 10.6 Å². The fourth-order valence-electron chi connectivity index (χ4n) is 2.29. The Hall–Kier alpha value is -2.37. The van der Waals surface area contributed by atoms with Crippen LogP contribution in [-0.2, 0) is 6.54 Å². The molecule has 2 aromatic heterocycles. The first-order chi connectivity index (χ1) is 11.3. The van der Waals surface area contributed by atoms with Gasteiger partial charge in [-0.15, -0.1) is 0 Å². The predicted octanol–water partition coefficient (Wildman–Crippen LogP) is 2.37. The van der Waals surface area contributed by atoms with Gasteiger partial charge in [-0.05, 0) is 17.5 Å². The third-order valence-electron chi connectivity index (χ3n) is 3.97. The Morgan fingerprint density at radius 1 is 1.26 bits per heavy atom. The highest BCUT2D eigenvalue weighted by Gasteiger charge is 2.05. The van der Waals surface area contributed by atoms with Crippen molar-refractivity contribution in [2.75, 3.05) is 13.6 Å². The molecule has 0 saturated carbocycles. The lowest BCUT2D eigenvalue weighted by Crippen LogP contribution is -2.39. The molecule has 0 aliphatic carbocycles. The number of guanidine groups is 1. The van der Waals surface area contributed by atoms with Crippen LogP contribution in [0.5, 0.6) is 0 Å². The molecule has 0 aliphatic heterocycles. The van der Waals surface area contributed by atoms with Crippen LogP contribution in [-0.4, -0.2) is 34.1 Å². The first kappa shape index (κ1) is 17.0. The maximum atomic E-state index is 4.45. The maximum Gasteiger partial charge on any atom is 0.191 e. The molecule has 0 atom stereocenters. The van der Waals surface area contributed by atoms with Gasteiger partial charge in [0.2, 0.25) is 0 Å². The van der Waals surface area contributed by atoms with E-state index in [4.69, 9.17) is 0 Å². The van der Waals surface area contributed by atoms with Crippen LogP contribution < -0.4 is 10.6 Å². The molecule has 0 radical (unpaired) electrons. The minimum atomic E-state index is 0.685. The van der Waals surface area contributed by atoms with E-state index in [0.29, 0.717) is 12.5 Å². The number of hydrogen-bond donors (Lipinski definition) is 2. The van der Waals surface area contributed by atoms with Gasteiger partial charge in [0.15, 0.2) is 5.96 Å². The van der Waals surface area contributed by atoms with E-state index in [1.54, 1.807) is 19.6 Å². The minimum Gasteiger partial charge on any atom is -0.356 e. The fourth-order valence-corrected chi connectivity index (χ4v) is 2.29. The van der Waals surface area contributed by atoms with Crippen LogP contribution in [0, 0.1) is 5.92 Å². The SMILES string of the molecule is CCC(CC)CNC(=NC)NCc1ccc(-n2ccnc2)nc1. The Morgan fingerprint density at radius 2 is 2.09 bits per heavy atom. The Balaban J connectivity index is 1.84. The van der Waals surface area contributed by atoms with E-state index < -0.39 is 0 Å². The Labute approximate surface area is 138 Å². The molecule has 0 spiro atoms. The number of aliphatic imine (C=N–C) groups is 1. The van der Waals surface area contributed by atoms with E-state index >= 15 is 0 Å². The van der Waals surface area contributed by atoms with E-state index in [1.165, 1.54) is 12.8 Å². The van der Waals surface area contributed by atoms with E-state index in [1.807, 2.05) is 23.0 Å². The monoisotopic (exact) mass is 314 g/mol. The average molecular weight is 314 g/mol. The molecule has 6 nitrogen and oxygen atoms in total. The number of nitrogens with one attached hydrogen (secondary N) is 2. The van der Waals surface area contributed by atoms with Gasteiger partial charge >= 0.3 is 0 Å². The summed E-state index contributed by atoms with van der Waals surface area (Å²) in [6.07, 6.45) is 9.59. The van der Waals surface area contributed by atoms with Crippen molar-refractivity contribution in [3.05, 3.63) is 42.6 Å². The lowest BCUT2D eigenvalue weighted by atomic mass is 10.0. The van der Waals surface area contributed by atoms with Crippen molar-refractivity contribution in [2.45, 2.75) is 33.2 Å². The molecule has 0 bridgehead atoms. The molecule has 23 heavy (non-hydrogen) atoms. The zero-order valence-electron chi connectivity index (χ0n) is 14.2. The second-order valence-corrected chi connectivity index (χ2v) is 5.48. The van der Waals surface area contributed by atoms with Gasteiger partial charge in [0.25, 0.3) is 0 Å². The number of pyridine rings is 1. The van der Waals surface area contributed by atoms with Crippen LogP contribution in [0.25, 0.3) is 5.82 Å². The summed E-state index contributed by atoms with van der Waals surface area (Å²) < 4.78 is 1.88. The fraction of sp³-hybridized carbons (Fsp3) is 0.471. The zero-order chi connectivity index (χ0) is 16.5. The second kappa shape index (κ2) is 8.92.